The van der Waals surface area contributed by atoms with Crippen LogP contribution in [0.3, 0.4) is 0 Å². The zero-order valence-electron chi connectivity index (χ0n) is 10.3. The molecular formula is C12H16F2N2O3. The lowest BCUT2D eigenvalue weighted by Crippen LogP contribution is -2.40. The van der Waals surface area contributed by atoms with Crippen LogP contribution in [-0.4, -0.2) is 48.6 Å². The third kappa shape index (κ3) is 5.09. The zero-order chi connectivity index (χ0) is 14.3. The van der Waals surface area contributed by atoms with Gasteiger partial charge in [0.2, 0.25) is 0 Å². The van der Waals surface area contributed by atoms with Crippen molar-refractivity contribution in [1.29, 1.82) is 0 Å². The summed E-state index contributed by atoms with van der Waals surface area (Å²) in [4.78, 5) is 12.5. The van der Waals surface area contributed by atoms with Crippen molar-refractivity contribution < 1.29 is 23.4 Å². The molecule has 0 aliphatic carbocycles. The summed E-state index contributed by atoms with van der Waals surface area (Å²) in [5, 5.41) is 8.73. The molecule has 7 heteroatoms. The summed E-state index contributed by atoms with van der Waals surface area (Å²) in [6, 6.07) is 6.57. The number of amides is 1. The van der Waals surface area contributed by atoms with Crippen LogP contribution in [0.15, 0.2) is 24.3 Å². The van der Waals surface area contributed by atoms with Gasteiger partial charge in [-0.2, -0.15) is 0 Å². The van der Waals surface area contributed by atoms with Gasteiger partial charge >= 0.3 is 0 Å². The maximum absolute atomic E-state index is 12.3. The van der Waals surface area contributed by atoms with Crippen molar-refractivity contribution in [2.24, 2.45) is 0 Å². The number of ether oxygens (including phenoxy) is 1. The molecule has 0 saturated carbocycles. The van der Waals surface area contributed by atoms with Crippen LogP contribution in [0, 0.1) is 0 Å². The number of aliphatic hydroxyl groups is 1. The lowest BCUT2D eigenvalue weighted by Gasteiger charge is -2.21. The molecule has 19 heavy (non-hydrogen) atoms. The highest BCUT2D eigenvalue weighted by molar-refractivity contribution is 5.78. The maximum Gasteiger partial charge on any atom is 0.260 e. The van der Waals surface area contributed by atoms with E-state index in [4.69, 9.17) is 15.6 Å². The Morgan fingerprint density at radius 3 is 2.68 bits per heavy atom. The molecule has 0 heterocycles. The van der Waals surface area contributed by atoms with Gasteiger partial charge in [-0.15, -0.1) is 0 Å². The number of hydrogen-bond donors (Lipinski definition) is 2. The van der Waals surface area contributed by atoms with Crippen LogP contribution in [0.1, 0.15) is 0 Å². The SMILES string of the molecule is Nc1ccccc1OCC(=O)N(CCO)CC(F)F. The van der Waals surface area contributed by atoms with E-state index in [1.54, 1.807) is 24.3 Å². The number of rotatable bonds is 7. The first-order valence-electron chi connectivity index (χ1n) is 5.68. The van der Waals surface area contributed by atoms with Crippen molar-refractivity contribution >= 4 is 11.6 Å². The van der Waals surface area contributed by atoms with Gasteiger partial charge in [0.05, 0.1) is 18.8 Å². The Hall–Kier alpha value is -1.89. The summed E-state index contributed by atoms with van der Waals surface area (Å²) in [5.41, 5.74) is 5.97. The predicted octanol–water partition coefficient (Wildman–Crippen LogP) is 0.734. The van der Waals surface area contributed by atoms with Gasteiger partial charge < -0.3 is 20.5 Å². The Balaban J connectivity index is 2.55. The molecule has 1 amide bonds. The third-order valence-corrected chi connectivity index (χ3v) is 2.35. The van der Waals surface area contributed by atoms with Crippen LogP contribution in [0.25, 0.3) is 0 Å². The van der Waals surface area contributed by atoms with E-state index in [0.29, 0.717) is 11.4 Å². The molecule has 0 bridgehead atoms. The normalized spacial score (nSPS) is 10.5. The molecule has 0 fully saturated rings. The van der Waals surface area contributed by atoms with E-state index in [9.17, 15) is 13.6 Å². The molecule has 0 spiro atoms. The molecule has 3 N–H and O–H groups in total. The molecule has 0 atom stereocenters. The summed E-state index contributed by atoms with van der Waals surface area (Å²) in [5.74, 6) is -0.311. The number of benzene rings is 1. The van der Waals surface area contributed by atoms with Crippen molar-refractivity contribution in [1.82, 2.24) is 4.90 Å². The summed E-state index contributed by atoms with van der Waals surface area (Å²) >= 11 is 0. The van der Waals surface area contributed by atoms with E-state index in [1.807, 2.05) is 0 Å². The molecule has 1 aromatic rings. The Morgan fingerprint density at radius 2 is 2.11 bits per heavy atom. The number of anilines is 1. The number of nitrogens with two attached hydrogens (primary N) is 1. The number of nitrogens with zero attached hydrogens (tertiary/aromatic N) is 1. The Morgan fingerprint density at radius 1 is 1.42 bits per heavy atom. The highest BCUT2D eigenvalue weighted by Gasteiger charge is 2.18. The van der Waals surface area contributed by atoms with Crippen LogP contribution in [0.4, 0.5) is 14.5 Å². The fourth-order valence-corrected chi connectivity index (χ4v) is 1.45. The van der Waals surface area contributed by atoms with Gasteiger partial charge in [0.25, 0.3) is 12.3 Å². The molecule has 1 aromatic carbocycles. The first-order valence-corrected chi connectivity index (χ1v) is 5.68. The molecule has 1 rings (SSSR count). The van der Waals surface area contributed by atoms with Crippen molar-refractivity contribution in [2.75, 3.05) is 32.0 Å². The van der Waals surface area contributed by atoms with E-state index in [2.05, 4.69) is 0 Å². The quantitative estimate of drug-likeness (QED) is 0.719. The number of alkyl halides is 2. The lowest BCUT2D eigenvalue weighted by molar-refractivity contribution is -0.135. The fraction of sp³-hybridized carbons (Fsp3) is 0.417. The molecule has 0 radical (unpaired) electrons. The van der Waals surface area contributed by atoms with Gasteiger partial charge in [-0.1, -0.05) is 12.1 Å². The number of nitrogen functional groups attached to an aromatic ring is 1. The molecule has 5 nitrogen and oxygen atoms in total. The van der Waals surface area contributed by atoms with Gasteiger partial charge in [0, 0.05) is 6.54 Å². The maximum atomic E-state index is 12.3. The average molecular weight is 274 g/mol. The smallest absolute Gasteiger partial charge is 0.260 e. The highest BCUT2D eigenvalue weighted by Crippen LogP contribution is 2.19. The number of carbonyl (C=O) groups excluding carboxylic acids is 1. The minimum Gasteiger partial charge on any atom is -0.482 e. The van der Waals surface area contributed by atoms with E-state index >= 15 is 0 Å². The van der Waals surface area contributed by atoms with Gasteiger partial charge in [0.15, 0.2) is 6.61 Å². The second-order valence-electron chi connectivity index (χ2n) is 3.78. The van der Waals surface area contributed by atoms with Crippen LogP contribution in [-0.2, 0) is 4.79 Å². The Labute approximate surface area is 109 Å². The summed E-state index contributed by atoms with van der Waals surface area (Å²) in [7, 11) is 0. The van der Waals surface area contributed by atoms with Crippen molar-refractivity contribution in [3.8, 4) is 5.75 Å². The van der Waals surface area contributed by atoms with Crippen molar-refractivity contribution in [3.05, 3.63) is 24.3 Å². The van der Waals surface area contributed by atoms with Gasteiger partial charge in [-0.05, 0) is 12.1 Å². The van der Waals surface area contributed by atoms with Crippen LogP contribution >= 0.6 is 0 Å². The van der Waals surface area contributed by atoms with Crippen LogP contribution in [0.2, 0.25) is 0 Å². The Kier molecular flexibility index (Phi) is 6.01. The number of hydrogen-bond acceptors (Lipinski definition) is 4. The molecule has 106 valence electrons. The topological polar surface area (TPSA) is 75.8 Å². The first kappa shape index (κ1) is 15.2. The standard InChI is InChI=1S/C12H16F2N2O3/c13-11(14)7-16(5-6-17)12(18)8-19-10-4-2-1-3-9(10)15/h1-4,11,17H,5-8,15H2. The number of halogens is 2. The van der Waals surface area contributed by atoms with Crippen molar-refractivity contribution in [2.45, 2.75) is 6.43 Å². The number of aliphatic hydroxyl groups excluding tert-OH is 1. The molecule has 0 aliphatic heterocycles. The van der Waals surface area contributed by atoms with Crippen LogP contribution in [0.5, 0.6) is 5.75 Å². The Bertz CT molecular complexity index is 416. The lowest BCUT2D eigenvalue weighted by atomic mass is 10.3. The largest absolute Gasteiger partial charge is 0.482 e. The van der Waals surface area contributed by atoms with Gasteiger partial charge in [-0.3, -0.25) is 4.79 Å². The van der Waals surface area contributed by atoms with E-state index in [1.165, 1.54) is 0 Å². The number of carbonyl (C=O) groups is 1. The molecule has 0 aliphatic rings. The number of para-hydroxylation sites is 2. The molecule has 0 aromatic heterocycles. The zero-order valence-corrected chi connectivity index (χ0v) is 10.3. The van der Waals surface area contributed by atoms with E-state index in [-0.39, 0.29) is 13.2 Å². The summed E-state index contributed by atoms with van der Waals surface area (Å²) < 4.78 is 29.7. The molecule has 0 unspecified atom stereocenters. The highest BCUT2D eigenvalue weighted by atomic mass is 19.3. The second-order valence-corrected chi connectivity index (χ2v) is 3.78. The minimum absolute atomic E-state index is 0.156. The van der Waals surface area contributed by atoms with Crippen molar-refractivity contribution in [3.63, 3.8) is 0 Å². The average Bonchev–Trinajstić information content (AvgIpc) is 2.36. The summed E-state index contributed by atoms with van der Waals surface area (Å²) in [6.07, 6.45) is -2.66. The third-order valence-electron chi connectivity index (χ3n) is 2.35. The fourth-order valence-electron chi connectivity index (χ4n) is 1.45. The van der Waals surface area contributed by atoms with E-state index in [0.717, 1.165) is 4.90 Å². The first-order chi connectivity index (χ1) is 9.04. The second kappa shape index (κ2) is 7.52. The predicted molar refractivity (Wildman–Crippen MR) is 66.0 cm³/mol. The minimum atomic E-state index is -2.66. The van der Waals surface area contributed by atoms with Gasteiger partial charge in [-0.25, -0.2) is 8.78 Å². The van der Waals surface area contributed by atoms with Gasteiger partial charge in [0.1, 0.15) is 5.75 Å². The monoisotopic (exact) mass is 274 g/mol. The van der Waals surface area contributed by atoms with E-state index < -0.39 is 25.5 Å². The van der Waals surface area contributed by atoms with Crippen LogP contribution < -0.4 is 10.5 Å². The molecular weight excluding hydrogens is 258 g/mol. The summed E-state index contributed by atoms with van der Waals surface area (Å²) in [6.45, 7) is -1.67. The molecule has 0 saturated heterocycles.